The summed E-state index contributed by atoms with van der Waals surface area (Å²) >= 11 is 6.52. The van der Waals surface area contributed by atoms with Crippen molar-refractivity contribution in [1.82, 2.24) is 25.4 Å². The van der Waals surface area contributed by atoms with Gasteiger partial charge in [0.15, 0.2) is 5.82 Å². The minimum atomic E-state index is -1.24. The van der Waals surface area contributed by atoms with E-state index in [4.69, 9.17) is 11.6 Å². The number of nitriles is 1. The third kappa shape index (κ3) is 5.23. The van der Waals surface area contributed by atoms with Crippen LogP contribution >= 0.6 is 11.6 Å². The Morgan fingerprint density at radius 3 is 2.67 bits per heavy atom. The number of amides is 1. The highest BCUT2D eigenvalue weighted by molar-refractivity contribution is 6.32. The van der Waals surface area contributed by atoms with Gasteiger partial charge in [0.05, 0.1) is 46.6 Å². The molecule has 200 valence electrons. The van der Waals surface area contributed by atoms with E-state index in [2.05, 4.69) is 42.1 Å². The highest BCUT2D eigenvalue weighted by Gasteiger charge is 2.22. The summed E-state index contributed by atoms with van der Waals surface area (Å²) in [5, 5.41) is 27.7. The van der Waals surface area contributed by atoms with Crippen LogP contribution in [0.5, 0.6) is 0 Å². The molecule has 0 aliphatic rings. The number of nitrogens with one attached hydrogen (secondary N) is 3. The number of nitrogens with zero attached hydrogens (tertiary/aromatic N) is 6. The molecule has 3 heterocycles. The first kappa shape index (κ1) is 26.5. The molecule has 0 fully saturated rings. The SMILES string of the molecule is CC(=O)N(C)c1cccc([C@H](Nc2cc(Cl)cc3c(Nc4cnc(F)c(F)c4)c(C#N)cnc23)c2cn[nH]n2)c1. The first-order chi connectivity index (χ1) is 19.2. The van der Waals surface area contributed by atoms with Crippen molar-refractivity contribution in [2.45, 2.75) is 13.0 Å². The monoisotopic (exact) mass is 559 g/mol. The summed E-state index contributed by atoms with van der Waals surface area (Å²) in [6.45, 7) is 1.47. The van der Waals surface area contributed by atoms with Crippen molar-refractivity contribution in [2.24, 2.45) is 0 Å². The van der Waals surface area contributed by atoms with E-state index in [1.165, 1.54) is 18.0 Å². The molecule has 13 heteroatoms. The first-order valence-corrected chi connectivity index (χ1v) is 12.2. The zero-order valence-electron chi connectivity index (χ0n) is 21.1. The number of aromatic amines is 1. The van der Waals surface area contributed by atoms with Crippen molar-refractivity contribution < 1.29 is 13.6 Å². The number of rotatable bonds is 7. The van der Waals surface area contributed by atoms with Gasteiger partial charge in [-0.25, -0.2) is 9.37 Å². The molecule has 3 N–H and O–H groups in total. The van der Waals surface area contributed by atoms with Crippen LogP contribution < -0.4 is 15.5 Å². The number of hydrogen-bond donors (Lipinski definition) is 3. The summed E-state index contributed by atoms with van der Waals surface area (Å²) in [5.74, 6) is -2.51. The summed E-state index contributed by atoms with van der Waals surface area (Å²) in [6.07, 6.45) is 4.04. The Morgan fingerprint density at radius 1 is 1.15 bits per heavy atom. The largest absolute Gasteiger partial charge is 0.371 e. The van der Waals surface area contributed by atoms with Gasteiger partial charge in [0.1, 0.15) is 11.8 Å². The van der Waals surface area contributed by atoms with Crippen molar-refractivity contribution in [2.75, 3.05) is 22.6 Å². The molecule has 3 aromatic heterocycles. The molecule has 5 rings (SSSR count). The summed E-state index contributed by atoms with van der Waals surface area (Å²) in [4.78, 5) is 21.4. The molecular formula is C27H20ClF2N9O. The standard InChI is InChI=1S/C27H20ClF2N9O/c1-14(40)39(2)19-5-3-4-15(6-19)25(23-13-34-38-37-23)36-22-8-17(28)7-20-24(16(10-31)11-32-26(20)22)35-18-9-21(29)27(30)33-12-18/h3-9,11-13,25,36H,1-2H3,(H,32,35)(H,34,37,38)/t25-/m0/s1. The number of fused-ring (bicyclic) bond motifs is 1. The first-order valence-electron chi connectivity index (χ1n) is 11.8. The van der Waals surface area contributed by atoms with Crippen LogP contribution in [0.3, 0.4) is 0 Å². The number of anilines is 4. The van der Waals surface area contributed by atoms with Crippen molar-refractivity contribution in [1.29, 1.82) is 5.26 Å². The molecule has 10 nitrogen and oxygen atoms in total. The molecule has 1 amide bonds. The van der Waals surface area contributed by atoms with Gasteiger partial charge < -0.3 is 15.5 Å². The lowest BCUT2D eigenvalue weighted by Gasteiger charge is -2.22. The number of benzene rings is 2. The van der Waals surface area contributed by atoms with Crippen molar-refractivity contribution >= 4 is 51.2 Å². The molecule has 0 saturated heterocycles. The molecule has 40 heavy (non-hydrogen) atoms. The Bertz CT molecular complexity index is 1770. The number of halogens is 3. The molecule has 5 aromatic rings. The van der Waals surface area contributed by atoms with Crippen molar-refractivity contribution in [3.63, 3.8) is 0 Å². The van der Waals surface area contributed by atoms with Crippen LogP contribution in [-0.2, 0) is 4.79 Å². The maximum atomic E-state index is 13.8. The van der Waals surface area contributed by atoms with Crippen LogP contribution in [-0.4, -0.2) is 38.3 Å². The van der Waals surface area contributed by atoms with E-state index in [9.17, 15) is 18.8 Å². The fourth-order valence-electron chi connectivity index (χ4n) is 4.16. The Hall–Kier alpha value is -5.15. The number of H-pyrrole nitrogens is 1. The summed E-state index contributed by atoms with van der Waals surface area (Å²) < 4.78 is 27.2. The normalized spacial score (nSPS) is 11.6. The lowest BCUT2D eigenvalue weighted by atomic mass is 10.0. The molecule has 0 unspecified atom stereocenters. The third-order valence-electron chi connectivity index (χ3n) is 6.21. The third-order valence-corrected chi connectivity index (χ3v) is 6.43. The van der Waals surface area contributed by atoms with Crippen LogP contribution in [0.2, 0.25) is 5.02 Å². The van der Waals surface area contributed by atoms with E-state index in [0.29, 0.717) is 33.0 Å². The number of pyridine rings is 2. The fraction of sp³-hybridized carbons (Fsp3) is 0.111. The highest BCUT2D eigenvalue weighted by atomic mass is 35.5. The average molecular weight is 560 g/mol. The van der Waals surface area contributed by atoms with Crippen LogP contribution in [0.4, 0.5) is 31.5 Å². The van der Waals surface area contributed by atoms with E-state index < -0.39 is 17.8 Å². The van der Waals surface area contributed by atoms with Crippen LogP contribution in [0.15, 0.2) is 61.1 Å². The molecule has 0 radical (unpaired) electrons. The Morgan fingerprint density at radius 2 is 1.98 bits per heavy atom. The second-order valence-corrected chi connectivity index (χ2v) is 9.21. The lowest BCUT2D eigenvalue weighted by Crippen LogP contribution is -2.23. The van der Waals surface area contributed by atoms with Gasteiger partial charge in [-0.1, -0.05) is 23.7 Å². The van der Waals surface area contributed by atoms with Gasteiger partial charge in [0, 0.05) is 42.3 Å². The minimum Gasteiger partial charge on any atom is -0.371 e. The van der Waals surface area contributed by atoms with Crippen LogP contribution in [0, 0.1) is 23.1 Å². The number of carbonyl (C=O) groups is 1. The van der Waals surface area contributed by atoms with E-state index >= 15 is 0 Å². The molecule has 0 aliphatic carbocycles. The Kier molecular flexibility index (Phi) is 7.22. The smallest absolute Gasteiger partial charge is 0.249 e. The number of aromatic nitrogens is 5. The van der Waals surface area contributed by atoms with Gasteiger partial charge in [-0.2, -0.15) is 25.1 Å². The molecule has 0 spiro atoms. The van der Waals surface area contributed by atoms with Gasteiger partial charge >= 0.3 is 0 Å². The second kappa shape index (κ2) is 10.9. The van der Waals surface area contributed by atoms with E-state index in [1.807, 2.05) is 24.3 Å². The molecular weight excluding hydrogens is 540 g/mol. The molecule has 0 bridgehead atoms. The predicted octanol–water partition coefficient (Wildman–Crippen LogP) is 5.48. The van der Waals surface area contributed by atoms with E-state index in [1.54, 1.807) is 25.4 Å². The van der Waals surface area contributed by atoms with Crippen LogP contribution in [0.25, 0.3) is 10.9 Å². The number of hydrogen-bond acceptors (Lipinski definition) is 8. The van der Waals surface area contributed by atoms with Gasteiger partial charge in [0.25, 0.3) is 0 Å². The quantitative estimate of drug-likeness (QED) is 0.223. The molecule has 0 saturated carbocycles. The predicted molar refractivity (Wildman–Crippen MR) is 146 cm³/mol. The van der Waals surface area contributed by atoms with E-state index in [-0.39, 0.29) is 22.8 Å². The lowest BCUT2D eigenvalue weighted by molar-refractivity contribution is -0.116. The zero-order valence-corrected chi connectivity index (χ0v) is 21.8. The zero-order chi connectivity index (χ0) is 28.4. The van der Waals surface area contributed by atoms with Crippen LogP contribution in [0.1, 0.15) is 29.8 Å². The maximum absolute atomic E-state index is 13.8. The Balaban J connectivity index is 1.62. The summed E-state index contributed by atoms with van der Waals surface area (Å²) in [7, 11) is 1.68. The topological polar surface area (TPSA) is 136 Å². The highest BCUT2D eigenvalue weighted by Crippen LogP contribution is 2.37. The maximum Gasteiger partial charge on any atom is 0.249 e. The van der Waals surface area contributed by atoms with E-state index in [0.717, 1.165) is 17.8 Å². The van der Waals surface area contributed by atoms with Crippen molar-refractivity contribution in [3.05, 3.63) is 94.7 Å². The van der Waals surface area contributed by atoms with Gasteiger partial charge in [-0.3, -0.25) is 9.78 Å². The van der Waals surface area contributed by atoms with Gasteiger partial charge in [0.2, 0.25) is 11.9 Å². The van der Waals surface area contributed by atoms with Gasteiger partial charge in [-0.15, -0.1) is 0 Å². The molecule has 2 aromatic carbocycles. The van der Waals surface area contributed by atoms with Crippen molar-refractivity contribution in [3.8, 4) is 6.07 Å². The fourth-order valence-corrected chi connectivity index (χ4v) is 4.38. The minimum absolute atomic E-state index is 0.127. The summed E-state index contributed by atoms with van der Waals surface area (Å²) in [6, 6.07) is 13.1. The second-order valence-electron chi connectivity index (χ2n) is 8.78. The molecule has 0 aliphatic heterocycles. The average Bonchev–Trinajstić information content (AvgIpc) is 3.48. The van der Waals surface area contributed by atoms with Gasteiger partial charge in [-0.05, 0) is 29.8 Å². The number of carbonyl (C=O) groups excluding carboxylic acids is 1. The Labute approximate surface area is 231 Å². The molecule has 1 atom stereocenters. The summed E-state index contributed by atoms with van der Waals surface area (Å²) in [5.41, 5.74) is 3.50.